The Kier molecular flexibility index (Phi) is 2.31. The van der Waals surface area contributed by atoms with Crippen molar-refractivity contribution in [1.82, 2.24) is 0 Å². The number of benzene rings is 1. The van der Waals surface area contributed by atoms with Crippen LogP contribution >= 0.6 is 0 Å². The van der Waals surface area contributed by atoms with Crippen molar-refractivity contribution >= 4 is 0 Å². The normalized spacial score (nSPS) is 26.9. The molecule has 0 amide bonds. The van der Waals surface area contributed by atoms with Crippen LogP contribution in [0.15, 0.2) is 12.1 Å². The van der Waals surface area contributed by atoms with E-state index in [0.29, 0.717) is 6.42 Å². The minimum atomic E-state index is -1.41. The Bertz CT molecular complexity index is 442. The summed E-state index contributed by atoms with van der Waals surface area (Å²) in [6, 6.07) is 2.26. The van der Waals surface area contributed by atoms with E-state index >= 15 is 0 Å². The lowest BCUT2D eigenvalue weighted by Crippen LogP contribution is -2.27. The van der Waals surface area contributed by atoms with Gasteiger partial charge in [-0.25, -0.2) is 13.2 Å². The van der Waals surface area contributed by atoms with E-state index in [0.717, 1.165) is 6.07 Å². The van der Waals surface area contributed by atoms with Gasteiger partial charge in [-0.1, -0.05) is 19.9 Å². The summed E-state index contributed by atoms with van der Waals surface area (Å²) in [6.07, 6.45) is 0.693. The zero-order chi connectivity index (χ0) is 12.1. The van der Waals surface area contributed by atoms with Gasteiger partial charge in [-0.05, 0) is 23.5 Å². The number of nitrogens with two attached hydrogens (primary N) is 1. The standard InChI is InChI=1S/C12H14F3N/c1-11(2)5-12(11,6-16)7-3-4-8(13)10(15)9(7)14/h3-4H,5-6,16H2,1-2H3. The highest BCUT2D eigenvalue weighted by Crippen LogP contribution is 2.64. The van der Waals surface area contributed by atoms with Gasteiger partial charge in [-0.3, -0.25) is 0 Å². The van der Waals surface area contributed by atoms with Crippen molar-refractivity contribution < 1.29 is 13.2 Å². The average Bonchev–Trinajstić information content (AvgIpc) is 2.79. The van der Waals surface area contributed by atoms with Crippen LogP contribution in [0.4, 0.5) is 13.2 Å². The van der Waals surface area contributed by atoms with Gasteiger partial charge in [0.2, 0.25) is 0 Å². The zero-order valence-electron chi connectivity index (χ0n) is 9.28. The third-order valence-corrected chi connectivity index (χ3v) is 3.81. The predicted octanol–water partition coefficient (Wildman–Crippen LogP) is 2.73. The zero-order valence-corrected chi connectivity index (χ0v) is 9.28. The van der Waals surface area contributed by atoms with Gasteiger partial charge in [-0.2, -0.15) is 0 Å². The fourth-order valence-corrected chi connectivity index (χ4v) is 2.52. The molecular weight excluding hydrogens is 215 g/mol. The molecule has 0 saturated heterocycles. The Morgan fingerprint density at radius 1 is 1.19 bits per heavy atom. The largest absolute Gasteiger partial charge is 0.330 e. The molecule has 2 rings (SSSR count). The first-order valence-corrected chi connectivity index (χ1v) is 5.20. The number of hydrogen-bond donors (Lipinski definition) is 1. The summed E-state index contributed by atoms with van der Waals surface area (Å²) in [5.41, 5.74) is 5.13. The molecular formula is C12H14F3N. The smallest absolute Gasteiger partial charge is 0.194 e. The molecule has 0 aliphatic heterocycles. The van der Waals surface area contributed by atoms with Gasteiger partial charge in [0, 0.05) is 12.0 Å². The van der Waals surface area contributed by atoms with Crippen molar-refractivity contribution in [2.75, 3.05) is 6.54 Å². The van der Waals surface area contributed by atoms with E-state index in [1.54, 1.807) is 0 Å². The van der Waals surface area contributed by atoms with Gasteiger partial charge in [0.1, 0.15) is 0 Å². The van der Waals surface area contributed by atoms with E-state index in [4.69, 9.17) is 5.73 Å². The molecule has 16 heavy (non-hydrogen) atoms. The molecule has 0 bridgehead atoms. The van der Waals surface area contributed by atoms with Crippen LogP contribution in [0.2, 0.25) is 0 Å². The minimum absolute atomic E-state index is 0.160. The molecule has 0 radical (unpaired) electrons. The van der Waals surface area contributed by atoms with Crippen molar-refractivity contribution in [3.63, 3.8) is 0 Å². The summed E-state index contributed by atoms with van der Waals surface area (Å²) in [5, 5.41) is 0. The summed E-state index contributed by atoms with van der Waals surface area (Å²) in [4.78, 5) is 0. The summed E-state index contributed by atoms with van der Waals surface area (Å²) >= 11 is 0. The van der Waals surface area contributed by atoms with Gasteiger partial charge < -0.3 is 5.73 Å². The first-order chi connectivity index (χ1) is 7.35. The van der Waals surface area contributed by atoms with E-state index in [1.165, 1.54) is 6.07 Å². The highest BCUT2D eigenvalue weighted by atomic mass is 19.2. The predicted molar refractivity (Wildman–Crippen MR) is 55.4 cm³/mol. The molecule has 0 heterocycles. The Hall–Kier alpha value is -1.03. The summed E-state index contributed by atoms with van der Waals surface area (Å²) < 4.78 is 39.6. The number of hydrogen-bond acceptors (Lipinski definition) is 1. The topological polar surface area (TPSA) is 26.0 Å². The molecule has 1 aromatic rings. The minimum Gasteiger partial charge on any atom is -0.330 e. The molecule has 1 atom stereocenters. The number of rotatable bonds is 2. The van der Waals surface area contributed by atoms with Crippen LogP contribution in [0.3, 0.4) is 0 Å². The molecule has 1 nitrogen and oxygen atoms in total. The monoisotopic (exact) mass is 229 g/mol. The molecule has 1 fully saturated rings. The van der Waals surface area contributed by atoms with E-state index < -0.39 is 22.9 Å². The second-order valence-corrected chi connectivity index (χ2v) is 5.07. The maximum Gasteiger partial charge on any atom is 0.194 e. The lowest BCUT2D eigenvalue weighted by Gasteiger charge is -2.19. The molecule has 1 aromatic carbocycles. The van der Waals surface area contributed by atoms with Gasteiger partial charge in [0.15, 0.2) is 17.5 Å². The van der Waals surface area contributed by atoms with Gasteiger partial charge in [-0.15, -0.1) is 0 Å². The Morgan fingerprint density at radius 3 is 2.19 bits per heavy atom. The van der Waals surface area contributed by atoms with Crippen LogP contribution in [0.1, 0.15) is 25.8 Å². The van der Waals surface area contributed by atoms with E-state index in [-0.39, 0.29) is 17.5 Å². The molecule has 1 saturated carbocycles. The molecule has 0 aromatic heterocycles. The van der Waals surface area contributed by atoms with Gasteiger partial charge in [0.25, 0.3) is 0 Å². The van der Waals surface area contributed by atoms with Crippen LogP contribution in [0.5, 0.6) is 0 Å². The summed E-state index contributed by atoms with van der Waals surface area (Å²) in [6.45, 7) is 4.13. The van der Waals surface area contributed by atoms with E-state index in [1.807, 2.05) is 13.8 Å². The average molecular weight is 229 g/mol. The lowest BCUT2D eigenvalue weighted by molar-refractivity contribution is 0.418. The second kappa shape index (κ2) is 3.23. The molecule has 4 heteroatoms. The summed E-state index contributed by atoms with van der Waals surface area (Å²) in [5.74, 6) is -3.67. The molecule has 1 aliphatic carbocycles. The third kappa shape index (κ3) is 1.29. The van der Waals surface area contributed by atoms with Crippen LogP contribution < -0.4 is 5.73 Å². The molecule has 0 spiro atoms. The lowest BCUT2D eigenvalue weighted by atomic mass is 9.87. The van der Waals surface area contributed by atoms with Crippen LogP contribution in [0.25, 0.3) is 0 Å². The molecule has 2 N–H and O–H groups in total. The Labute approximate surface area is 92.5 Å². The van der Waals surface area contributed by atoms with Crippen molar-refractivity contribution in [3.05, 3.63) is 35.1 Å². The summed E-state index contributed by atoms with van der Waals surface area (Å²) in [7, 11) is 0. The van der Waals surface area contributed by atoms with Gasteiger partial charge >= 0.3 is 0 Å². The van der Waals surface area contributed by atoms with Crippen LogP contribution in [-0.4, -0.2) is 6.54 Å². The second-order valence-electron chi connectivity index (χ2n) is 5.07. The van der Waals surface area contributed by atoms with Crippen molar-refractivity contribution in [3.8, 4) is 0 Å². The van der Waals surface area contributed by atoms with Crippen LogP contribution in [0, 0.1) is 22.9 Å². The van der Waals surface area contributed by atoms with Crippen LogP contribution in [-0.2, 0) is 5.41 Å². The van der Waals surface area contributed by atoms with E-state index in [9.17, 15) is 13.2 Å². The highest BCUT2D eigenvalue weighted by Gasteiger charge is 2.62. The van der Waals surface area contributed by atoms with Crippen molar-refractivity contribution in [1.29, 1.82) is 0 Å². The SMILES string of the molecule is CC1(C)CC1(CN)c1ccc(F)c(F)c1F. The molecule has 1 aliphatic rings. The maximum atomic E-state index is 13.7. The van der Waals surface area contributed by atoms with Gasteiger partial charge in [0.05, 0.1) is 0 Å². The first kappa shape index (κ1) is 11.5. The quantitative estimate of drug-likeness (QED) is 0.775. The molecule has 1 unspecified atom stereocenters. The molecule has 88 valence electrons. The maximum absolute atomic E-state index is 13.7. The number of halogens is 3. The highest BCUT2D eigenvalue weighted by molar-refractivity contribution is 5.39. The third-order valence-electron chi connectivity index (χ3n) is 3.81. The van der Waals surface area contributed by atoms with Crippen molar-refractivity contribution in [2.45, 2.75) is 25.7 Å². The Morgan fingerprint density at radius 2 is 1.75 bits per heavy atom. The Balaban J connectivity index is 2.54. The van der Waals surface area contributed by atoms with E-state index in [2.05, 4.69) is 0 Å². The fraction of sp³-hybridized carbons (Fsp3) is 0.500. The fourth-order valence-electron chi connectivity index (χ4n) is 2.52. The first-order valence-electron chi connectivity index (χ1n) is 5.20. The van der Waals surface area contributed by atoms with Crippen molar-refractivity contribution in [2.24, 2.45) is 11.1 Å².